The van der Waals surface area contributed by atoms with E-state index in [4.69, 9.17) is 0 Å². The van der Waals surface area contributed by atoms with Gasteiger partial charge in [0, 0.05) is 26.1 Å². The summed E-state index contributed by atoms with van der Waals surface area (Å²) < 4.78 is 0. The maximum absolute atomic E-state index is 12.7. The summed E-state index contributed by atoms with van der Waals surface area (Å²) in [4.78, 5) is 24.2. The van der Waals surface area contributed by atoms with Crippen molar-refractivity contribution in [3.05, 3.63) is 42.0 Å². The zero-order valence-electron chi connectivity index (χ0n) is 12.5. The number of benzene rings is 1. The number of aryl methyl sites for hydroxylation is 1. The third kappa shape index (κ3) is 2.39. The van der Waals surface area contributed by atoms with Gasteiger partial charge in [-0.2, -0.15) is 0 Å². The zero-order chi connectivity index (χ0) is 14.8. The van der Waals surface area contributed by atoms with Crippen LogP contribution in [0, 0.1) is 0 Å². The number of para-hydroxylation sites is 2. The van der Waals surface area contributed by atoms with Gasteiger partial charge in [-0.25, -0.2) is 4.98 Å². The van der Waals surface area contributed by atoms with Gasteiger partial charge in [0.05, 0.1) is 17.6 Å². The minimum absolute atomic E-state index is 0.00889. The van der Waals surface area contributed by atoms with Crippen LogP contribution in [0.5, 0.6) is 0 Å². The number of hydrogen-bond acceptors (Lipinski definition) is 3. The number of amides is 1. The van der Waals surface area contributed by atoms with E-state index in [1.54, 1.807) is 6.20 Å². The molecule has 0 unspecified atom stereocenters. The summed E-state index contributed by atoms with van der Waals surface area (Å²) in [5, 5.41) is 0. The number of carbonyl (C=O) groups is 1. The molecule has 1 aliphatic heterocycles. The first-order valence-corrected chi connectivity index (χ1v) is 7.44. The largest absolute Gasteiger partial charge is 0.368 e. The molecule has 3 rings (SSSR count). The summed E-state index contributed by atoms with van der Waals surface area (Å²) >= 11 is 0. The number of H-pyrrole nitrogens is 1. The van der Waals surface area contributed by atoms with Crippen molar-refractivity contribution in [3.8, 4) is 0 Å². The van der Waals surface area contributed by atoms with Crippen LogP contribution in [0.2, 0.25) is 0 Å². The first kappa shape index (κ1) is 13.7. The van der Waals surface area contributed by atoms with Crippen LogP contribution in [0.4, 0.5) is 11.4 Å². The first-order chi connectivity index (χ1) is 10.2. The van der Waals surface area contributed by atoms with E-state index < -0.39 is 0 Å². The number of aromatic nitrogens is 2. The molecule has 0 saturated carbocycles. The van der Waals surface area contributed by atoms with Gasteiger partial charge in [-0.3, -0.25) is 4.79 Å². The molecule has 0 fully saturated rings. The predicted molar refractivity (Wildman–Crippen MR) is 84.0 cm³/mol. The van der Waals surface area contributed by atoms with Crippen LogP contribution < -0.4 is 9.80 Å². The molecule has 2 aromatic rings. The Hall–Kier alpha value is -2.30. The van der Waals surface area contributed by atoms with Crippen LogP contribution in [-0.4, -0.2) is 35.5 Å². The van der Waals surface area contributed by atoms with Crippen molar-refractivity contribution >= 4 is 17.3 Å². The molecule has 2 heterocycles. The highest BCUT2D eigenvalue weighted by molar-refractivity contribution is 6.07. The maximum Gasteiger partial charge on any atom is 0.276 e. The standard InChI is InChI=1S/C16H20N4O/c1-3-15-17-11-12(18-15)16(21)20-10-9-19(4-2)13-7-5-6-8-14(13)20/h5-8,11H,3-4,9-10H2,1-2H3,(H,17,18). The summed E-state index contributed by atoms with van der Waals surface area (Å²) in [7, 11) is 0. The molecular weight excluding hydrogens is 264 g/mol. The summed E-state index contributed by atoms with van der Waals surface area (Å²) in [6.45, 7) is 6.65. The smallest absolute Gasteiger partial charge is 0.276 e. The number of fused-ring (bicyclic) bond motifs is 1. The van der Waals surface area contributed by atoms with Crippen molar-refractivity contribution in [1.29, 1.82) is 0 Å². The van der Waals surface area contributed by atoms with E-state index in [9.17, 15) is 4.79 Å². The fourth-order valence-corrected chi connectivity index (χ4v) is 2.76. The fourth-order valence-electron chi connectivity index (χ4n) is 2.76. The number of hydrogen-bond donors (Lipinski definition) is 1. The van der Waals surface area contributed by atoms with Crippen molar-refractivity contribution in [2.24, 2.45) is 0 Å². The zero-order valence-corrected chi connectivity index (χ0v) is 12.5. The second-order valence-corrected chi connectivity index (χ2v) is 5.12. The van der Waals surface area contributed by atoms with Crippen LogP contribution >= 0.6 is 0 Å². The highest BCUT2D eigenvalue weighted by Gasteiger charge is 2.27. The molecule has 0 spiro atoms. The van der Waals surface area contributed by atoms with Gasteiger partial charge < -0.3 is 14.8 Å². The van der Waals surface area contributed by atoms with E-state index in [-0.39, 0.29) is 5.91 Å². The Morgan fingerprint density at radius 2 is 2.00 bits per heavy atom. The van der Waals surface area contributed by atoms with E-state index in [1.165, 1.54) is 0 Å². The molecule has 1 aliphatic rings. The number of rotatable bonds is 3. The molecule has 0 aliphatic carbocycles. The number of likely N-dealkylation sites (N-methyl/N-ethyl adjacent to an activating group) is 1. The SMILES string of the molecule is CCc1ncc(C(=O)N2CCN(CC)c3ccccc32)[nH]1. The van der Waals surface area contributed by atoms with E-state index in [2.05, 4.69) is 27.9 Å². The Balaban J connectivity index is 1.94. The Labute approximate surface area is 124 Å². The molecular formula is C16H20N4O. The number of aromatic amines is 1. The number of imidazole rings is 1. The van der Waals surface area contributed by atoms with Crippen LogP contribution in [0.15, 0.2) is 30.5 Å². The topological polar surface area (TPSA) is 52.2 Å². The van der Waals surface area contributed by atoms with Crippen LogP contribution in [0.3, 0.4) is 0 Å². The van der Waals surface area contributed by atoms with Crippen molar-refractivity contribution in [1.82, 2.24) is 9.97 Å². The molecule has 0 saturated heterocycles. The van der Waals surface area contributed by atoms with E-state index >= 15 is 0 Å². The Bertz CT molecular complexity index is 649. The molecule has 0 radical (unpaired) electrons. The van der Waals surface area contributed by atoms with Crippen molar-refractivity contribution in [3.63, 3.8) is 0 Å². The van der Waals surface area contributed by atoms with Gasteiger partial charge in [-0.1, -0.05) is 19.1 Å². The molecule has 110 valence electrons. The van der Waals surface area contributed by atoms with Crippen LogP contribution in [0.25, 0.3) is 0 Å². The minimum Gasteiger partial charge on any atom is -0.368 e. The molecule has 5 nitrogen and oxygen atoms in total. The molecule has 1 N–H and O–H groups in total. The quantitative estimate of drug-likeness (QED) is 0.942. The lowest BCUT2D eigenvalue weighted by atomic mass is 10.1. The number of nitrogens with zero attached hydrogens (tertiary/aromatic N) is 3. The van der Waals surface area contributed by atoms with Gasteiger partial charge in [0.2, 0.25) is 0 Å². The lowest BCUT2D eigenvalue weighted by molar-refractivity contribution is 0.0982. The Morgan fingerprint density at radius 3 is 2.67 bits per heavy atom. The highest BCUT2D eigenvalue weighted by atomic mass is 16.2. The van der Waals surface area contributed by atoms with E-state index in [0.29, 0.717) is 12.2 Å². The van der Waals surface area contributed by atoms with Gasteiger partial charge in [0.25, 0.3) is 5.91 Å². The molecule has 0 bridgehead atoms. The van der Waals surface area contributed by atoms with Crippen molar-refractivity contribution < 1.29 is 4.79 Å². The Kier molecular flexibility index (Phi) is 3.64. The fraction of sp³-hybridized carbons (Fsp3) is 0.375. The molecule has 5 heteroatoms. The third-order valence-electron chi connectivity index (χ3n) is 3.93. The normalized spacial score (nSPS) is 14.2. The summed E-state index contributed by atoms with van der Waals surface area (Å²) in [6.07, 6.45) is 2.43. The average molecular weight is 284 g/mol. The maximum atomic E-state index is 12.7. The highest BCUT2D eigenvalue weighted by Crippen LogP contribution is 2.33. The number of nitrogens with one attached hydrogen (secondary N) is 1. The predicted octanol–water partition coefficient (Wildman–Crippen LogP) is 2.46. The summed E-state index contributed by atoms with van der Waals surface area (Å²) in [6, 6.07) is 8.07. The van der Waals surface area contributed by atoms with Gasteiger partial charge in [0.1, 0.15) is 11.5 Å². The molecule has 1 amide bonds. The van der Waals surface area contributed by atoms with Crippen LogP contribution in [0.1, 0.15) is 30.2 Å². The van der Waals surface area contributed by atoms with Crippen molar-refractivity contribution in [2.75, 3.05) is 29.4 Å². The average Bonchev–Trinajstić information content (AvgIpc) is 3.02. The third-order valence-corrected chi connectivity index (χ3v) is 3.93. The van der Waals surface area contributed by atoms with E-state index in [1.807, 2.05) is 30.0 Å². The molecule has 1 aromatic carbocycles. The molecule has 0 atom stereocenters. The van der Waals surface area contributed by atoms with Gasteiger partial charge in [-0.15, -0.1) is 0 Å². The lowest BCUT2D eigenvalue weighted by Crippen LogP contribution is -2.44. The monoisotopic (exact) mass is 284 g/mol. The van der Waals surface area contributed by atoms with E-state index in [0.717, 1.165) is 36.7 Å². The number of anilines is 2. The minimum atomic E-state index is -0.00889. The van der Waals surface area contributed by atoms with Crippen molar-refractivity contribution in [2.45, 2.75) is 20.3 Å². The van der Waals surface area contributed by atoms with Crippen LogP contribution in [-0.2, 0) is 6.42 Å². The second kappa shape index (κ2) is 5.60. The van der Waals surface area contributed by atoms with Gasteiger partial charge in [-0.05, 0) is 19.1 Å². The van der Waals surface area contributed by atoms with Gasteiger partial charge in [0.15, 0.2) is 0 Å². The summed E-state index contributed by atoms with van der Waals surface area (Å²) in [5.74, 6) is 0.837. The second-order valence-electron chi connectivity index (χ2n) is 5.12. The molecule has 21 heavy (non-hydrogen) atoms. The number of carbonyl (C=O) groups excluding carboxylic acids is 1. The first-order valence-electron chi connectivity index (χ1n) is 7.44. The summed E-state index contributed by atoms with van der Waals surface area (Å²) in [5.41, 5.74) is 2.66. The van der Waals surface area contributed by atoms with Gasteiger partial charge >= 0.3 is 0 Å². The lowest BCUT2D eigenvalue weighted by Gasteiger charge is -2.37. The Morgan fingerprint density at radius 1 is 1.24 bits per heavy atom. The molecule has 1 aromatic heterocycles.